The van der Waals surface area contributed by atoms with E-state index in [1.54, 1.807) is 37.3 Å². The molecule has 0 unspecified atom stereocenters. The zero-order chi connectivity index (χ0) is 24.9. The lowest BCUT2D eigenvalue weighted by atomic mass is 10.0. The summed E-state index contributed by atoms with van der Waals surface area (Å²) in [5, 5.41) is 4.48. The number of aryl methyl sites for hydroxylation is 2. The number of nitrogens with one attached hydrogen (secondary N) is 1. The normalized spacial score (nSPS) is 11.7. The molecule has 0 spiro atoms. The van der Waals surface area contributed by atoms with E-state index in [2.05, 4.69) is 24.4 Å². The maximum atomic E-state index is 13.5. The fourth-order valence-electron chi connectivity index (χ4n) is 3.35. The molecule has 0 radical (unpaired) electrons. The number of carbonyl (C=O) groups is 1. The largest absolute Gasteiger partial charge is 0.271 e. The highest BCUT2D eigenvalue weighted by atomic mass is 35.5. The molecule has 1 amide bonds. The topological polar surface area (TPSA) is 78.8 Å². The first-order valence-corrected chi connectivity index (χ1v) is 12.7. The van der Waals surface area contributed by atoms with Crippen LogP contribution in [0.15, 0.2) is 76.7 Å². The number of benzene rings is 3. The predicted octanol–water partition coefficient (Wildman–Crippen LogP) is 5.43. The van der Waals surface area contributed by atoms with Gasteiger partial charge in [-0.15, -0.1) is 0 Å². The molecule has 0 saturated carbocycles. The van der Waals surface area contributed by atoms with Crippen LogP contribution < -0.4 is 9.73 Å². The Bertz CT molecular complexity index is 1290. The Balaban J connectivity index is 1.83. The van der Waals surface area contributed by atoms with Gasteiger partial charge in [0, 0.05) is 5.02 Å². The van der Waals surface area contributed by atoms with Crippen LogP contribution in [0.5, 0.6) is 0 Å². The number of hydrogen-bond acceptors (Lipinski definition) is 4. The van der Waals surface area contributed by atoms with E-state index in [9.17, 15) is 13.2 Å². The number of hydrazone groups is 1. The highest BCUT2D eigenvalue weighted by molar-refractivity contribution is 7.92. The highest BCUT2D eigenvalue weighted by Crippen LogP contribution is 2.29. The lowest BCUT2D eigenvalue weighted by Crippen LogP contribution is -2.40. The molecule has 0 aromatic heterocycles. The molecule has 34 heavy (non-hydrogen) atoms. The Morgan fingerprint density at radius 2 is 1.68 bits per heavy atom. The van der Waals surface area contributed by atoms with E-state index in [1.807, 2.05) is 31.2 Å². The monoisotopic (exact) mass is 497 g/mol. The van der Waals surface area contributed by atoms with Crippen LogP contribution >= 0.6 is 11.6 Å². The van der Waals surface area contributed by atoms with Crippen molar-refractivity contribution in [2.75, 3.05) is 10.8 Å². The van der Waals surface area contributed by atoms with Crippen LogP contribution in [0.25, 0.3) is 0 Å². The van der Waals surface area contributed by atoms with E-state index >= 15 is 0 Å². The van der Waals surface area contributed by atoms with Crippen molar-refractivity contribution >= 4 is 39.4 Å². The molecule has 0 bridgehead atoms. The number of sulfonamides is 1. The molecule has 3 aromatic rings. The third-order valence-corrected chi connectivity index (χ3v) is 7.34. The zero-order valence-electron chi connectivity index (χ0n) is 19.6. The van der Waals surface area contributed by atoms with Gasteiger partial charge in [0.2, 0.25) is 0 Å². The molecule has 0 aliphatic heterocycles. The van der Waals surface area contributed by atoms with Gasteiger partial charge in [-0.2, -0.15) is 5.10 Å². The molecule has 0 atom stereocenters. The average molecular weight is 498 g/mol. The average Bonchev–Trinajstić information content (AvgIpc) is 2.78. The fourth-order valence-corrected chi connectivity index (χ4v) is 5.06. The van der Waals surface area contributed by atoms with Crippen molar-refractivity contribution in [1.29, 1.82) is 0 Å². The molecule has 8 heteroatoms. The molecule has 0 saturated heterocycles. The van der Waals surface area contributed by atoms with E-state index in [0.29, 0.717) is 22.2 Å². The first-order valence-electron chi connectivity index (χ1n) is 10.9. The van der Waals surface area contributed by atoms with Crippen molar-refractivity contribution < 1.29 is 13.2 Å². The summed E-state index contributed by atoms with van der Waals surface area (Å²) in [6.07, 6.45) is 1.52. The molecular weight excluding hydrogens is 470 g/mol. The van der Waals surface area contributed by atoms with E-state index in [0.717, 1.165) is 15.4 Å². The van der Waals surface area contributed by atoms with Crippen molar-refractivity contribution in [2.24, 2.45) is 5.10 Å². The predicted molar refractivity (Wildman–Crippen MR) is 138 cm³/mol. The van der Waals surface area contributed by atoms with Gasteiger partial charge in [0.25, 0.3) is 15.9 Å². The minimum atomic E-state index is -4.01. The van der Waals surface area contributed by atoms with Crippen molar-refractivity contribution in [1.82, 2.24) is 5.43 Å². The number of nitrogens with zero attached hydrogens (tertiary/aromatic N) is 2. The second-order valence-electron chi connectivity index (χ2n) is 8.37. The van der Waals surface area contributed by atoms with Gasteiger partial charge in [0.1, 0.15) is 6.54 Å². The summed E-state index contributed by atoms with van der Waals surface area (Å²) in [7, 11) is -4.01. The Hall–Kier alpha value is -3.16. The summed E-state index contributed by atoms with van der Waals surface area (Å²) in [6.45, 7) is 7.40. The maximum absolute atomic E-state index is 13.5. The summed E-state index contributed by atoms with van der Waals surface area (Å²) in [5.74, 6) is -0.149. The van der Waals surface area contributed by atoms with Crippen molar-refractivity contribution in [3.05, 3.63) is 94.0 Å². The summed E-state index contributed by atoms with van der Waals surface area (Å²) >= 11 is 6.06. The first-order chi connectivity index (χ1) is 16.1. The molecule has 0 aliphatic carbocycles. The number of halogens is 1. The van der Waals surface area contributed by atoms with Gasteiger partial charge < -0.3 is 0 Å². The van der Waals surface area contributed by atoms with Crippen LogP contribution in [0.3, 0.4) is 0 Å². The number of anilines is 1. The van der Waals surface area contributed by atoms with E-state index in [4.69, 9.17) is 11.6 Å². The van der Waals surface area contributed by atoms with Gasteiger partial charge in [-0.3, -0.25) is 9.10 Å². The van der Waals surface area contributed by atoms with Gasteiger partial charge in [0.15, 0.2) is 0 Å². The molecule has 3 rings (SSSR count). The molecule has 0 fully saturated rings. The van der Waals surface area contributed by atoms with Crippen molar-refractivity contribution in [2.45, 2.75) is 38.5 Å². The Morgan fingerprint density at radius 3 is 2.26 bits per heavy atom. The lowest BCUT2D eigenvalue weighted by molar-refractivity contribution is -0.119. The minimum absolute atomic E-state index is 0.0917. The number of carbonyl (C=O) groups excluding carboxylic acids is 1. The Morgan fingerprint density at radius 1 is 1.03 bits per heavy atom. The van der Waals surface area contributed by atoms with Crippen molar-refractivity contribution in [3.63, 3.8) is 0 Å². The summed E-state index contributed by atoms with van der Waals surface area (Å²) in [5.41, 5.74) is 6.39. The van der Waals surface area contributed by atoms with Gasteiger partial charge in [-0.05, 0) is 66.8 Å². The van der Waals surface area contributed by atoms with E-state index in [1.165, 1.54) is 23.9 Å². The van der Waals surface area contributed by atoms with E-state index < -0.39 is 22.5 Å². The number of amides is 1. The summed E-state index contributed by atoms with van der Waals surface area (Å²) < 4.78 is 28.0. The van der Waals surface area contributed by atoms with Crippen LogP contribution in [0, 0.1) is 13.8 Å². The molecule has 6 nitrogen and oxygen atoms in total. The summed E-state index contributed by atoms with van der Waals surface area (Å²) in [6, 6.07) is 19.2. The fraction of sp³-hybridized carbons (Fsp3) is 0.231. The second-order valence-corrected chi connectivity index (χ2v) is 10.7. The van der Waals surface area contributed by atoms with Gasteiger partial charge in [-0.25, -0.2) is 13.8 Å². The molecule has 1 N–H and O–H groups in total. The molecule has 3 aromatic carbocycles. The van der Waals surface area contributed by atoms with Crippen LogP contribution in [-0.4, -0.2) is 27.1 Å². The Kier molecular flexibility index (Phi) is 8.12. The van der Waals surface area contributed by atoms with E-state index in [-0.39, 0.29) is 4.90 Å². The number of rotatable bonds is 8. The number of hydrogen-bond donors (Lipinski definition) is 1. The molecule has 178 valence electrons. The minimum Gasteiger partial charge on any atom is -0.271 e. The SMILES string of the molecule is Cc1ccc(S(=O)(=O)N(CC(=O)N/N=C/c2ccc(C(C)C)cc2)c2ccc(Cl)cc2C)cc1. The molecule has 0 aliphatic rings. The van der Waals surface area contributed by atoms with Gasteiger partial charge >= 0.3 is 0 Å². The van der Waals surface area contributed by atoms with Crippen LogP contribution in [0.2, 0.25) is 5.02 Å². The van der Waals surface area contributed by atoms with Crippen LogP contribution in [0.1, 0.15) is 42.0 Å². The lowest BCUT2D eigenvalue weighted by Gasteiger charge is -2.25. The van der Waals surface area contributed by atoms with Crippen molar-refractivity contribution in [3.8, 4) is 0 Å². The Labute approximate surface area is 206 Å². The quantitative estimate of drug-likeness (QED) is 0.333. The molecule has 0 heterocycles. The van der Waals surface area contributed by atoms with Gasteiger partial charge in [0.05, 0.1) is 16.8 Å². The standard InChI is InChI=1S/C26H28ClN3O3S/c1-18(2)22-9-7-21(8-10-22)16-28-29-26(31)17-30(25-14-11-23(27)15-20(25)4)34(32,33)24-12-5-19(3)6-13-24/h5-16,18H,17H2,1-4H3,(H,29,31)/b28-16+. The van der Waals surface area contributed by atoms with Crippen LogP contribution in [-0.2, 0) is 14.8 Å². The second kappa shape index (κ2) is 10.8. The van der Waals surface area contributed by atoms with Crippen LogP contribution in [0.4, 0.5) is 5.69 Å². The smallest absolute Gasteiger partial charge is 0.264 e. The first kappa shape index (κ1) is 25.5. The zero-order valence-corrected chi connectivity index (χ0v) is 21.2. The van der Waals surface area contributed by atoms with Gasteiger partial charge in [-0.1, -0.05) is 67.4 Å². The summed E-state index contributed by atoms with van der Waals surface area (Å²) in [4.78, 5) is 12.8. The third-order valence-electron chi connectivity index (χ3n) is 5.33. The maximum Gasteiger partial charge on any atom is 0.264 e. The molecular formula is C26H28ClN3O3S. The third kappa shape index (κ3) is 6.24. The highest BCUT2D eigenvalue weighted by Gasteiger charge is 2.28.